The minimum atomic E-state index is -2.32. The van der Waals surface area contributed by atoms with Crippen LogP contribution < -0.4 is 5.32 Å². The van der Waals surface area contributed by atoms with Crippen LogP contribution in [-0.2, 0) is 23.8 Å². The third kappa shape index (κ3) is 9.12. The molecule has 2 aliphatic heterocycles. The van der Waals surface area contributed by atoms with Crippen LogP contribution in [0.15, 0.2) is 42.4 Å². The van der Waals surface area contributed by atoms with Gasteiger partial charge in [0.05, 0.1) is 37.1 Å². The Labute approximate surface area is 241 Å². The van der Waals surface area contributed by atoms with Gasteiger partial charge in [-0.2, -0.15) is 0 Å². The van der Waals surface area contributed by atoms with E-state index in [1.807, 2.05) is 6.92 Å². The lowest BCUT2D eigenvalue weighted by Gasteiger charge is -2.38. The van der Waals surface area contributed by atoms with E-state index in [2.05, 4.69) is 10.3 Å². The van der Waals surface area contributed by atoms with Gasteiger partial charge in [-0.25, -0.2) is 4.79 Å². The molecule has 10 nitrogen and oxygen atoms in total. The Kier molecular flexibility index (Phi) is 11.2. The number of pyridine rings is 1. The number of halogens is 3. The molecule has 1 amide bonds. The molecule has 8 atom stereocenters. The third-order valence-corrected chi connectivity index (χ3v) is 7.26. The molecule has 2 aliphatic rings. The van der Waals surface area contributed by atoms with Gasteiger partial charge in [-0.05, 0) is 38.8 Å². The largest absolute Gasteiger partial charge is 0.421 e. The Morgan fingerprint density at radius 2 is 1.97 bits per heavy atom. The molecular formula is C26H33Cl3N2O8. The lowest BCUT2D eigenvalue weighted by atomic mass is 9.85. The highest BCUT2D eigenvalue weighted by molar-refractivity contribution is 6.75. The molecule has 2 saturated heterocycles. The summed E-state index contributed by atoms with van der Waals surface area (Å²) in [7, 11) is 0. The quantitative estimate of drug-likeness (QED) is 0.103. The highest BCUT2D eigenvalue weighted by atomic mass is 35.6. The summed E-state index contributed by atoms with van der Waals surface area (Å²) < 4.78 is 14.3. The van der Waals surface area contributed by atoms with E-state index in [1.165, 1.54) is 18.5 Å². The maximum absolute atomic E-state index is 12.5. The van der Waals surface area contributed by atoms with Crippen molar-refractivity contribution in [3.63, 3.8) is 0 Å². The van der Waals surface area contributed by atoms with Crippen LogP contribution in [0.2, 0.25) is 0 Å². The number of epoxide rings is 1. The van der Waals surface area contributed by atoms with E-state index in [4.69, 9.17) is 49.0 Å². The van der Waals surface area contributed by atoms with Gasteiger partial charge in [0.15, 0.2) is 5.76 Å². The normalized spacial score (nSPS) is 29.4. The number of rotatable bonds is 10. The van der Waals surface area contributed by atoms with Crippen LogP contribution in [0.5, 0.6) is 0 Å². The number of aliphatic hydroxyl groups is 3. The van der Waals surface area contributed by atoms with E-state index in [0.29, 0.717) is 17.6 Å². The molecule has 216 valence electrons. The van der Waals surface area contributed by atoms with Gasteiger partial charge in [-0.1, -0.05) is 47.3 Å². The topological polar surface area (TPSA) is 151 Å². The second kappa shape index (κ2) is 13.7. The Balaban J connectivity index is 1.55. The van der Waals surface area contributed by atoms with Crippen LogP contribution in [0.25, 0.3) is 5.76 Å². The van der Waals surface area contributed by atoms with Crippen LogP contribution >= 0.6 is 34.8 Å². The Bertz CT molecular complexity index is 1060. The van der Waals surface area contributed by atoms with Crippen molar-refractivity contribution in [2.24, 2.45) is 11.8 Å². The van der Waals surface area contributed by atoms with Crippen LogP contribution in [0.1, 0.15) is 39.2 Å². The van der Waals surface area contributed by atoms with Gasteiger partial charge in [-0.15, -0.1) is 0 Å². The van der Waals surface area contributed by atoms with Gasteiger partial charge in [0.25, 0.3) is 3.79 Å². The molecule has 0 radical (unpaired) electrons. The number of esters is 1. The highest BCUT2D eigenvalue weighted by Crippen LogP contribution is 2.38. The van der Waals surface area contributed by atoms with E-state index < -0.39 is 40.1 Å². The smallest absolute Gasteiger partial charge is 0.364 e. The average Bonchev–Trinajstić information content (AvgIpc) is 3.64. The van der Waals surface area contributed by atoms with Crippen LogP contribution in [-0.4, -0.2) is 79.2 Å². The zero-order chi connectivity index (χ0) is 28.9. The Hall–Kier alpha value is -1.76. The fraction of sp³-hybridized carbons (Fsp3) is 0.577. The van der Waals surface area contributed by atoms with Crippen molar-refractivity contribution in [1.29, 1.82) is 0 Å². The van der Waals surface area contributed by atoms with Crippen molar-refractivity contribution in [3.8, 4) is 0 Å². The summed E-state index contributed by atoms with van der Waals surface area (Å²) in [5.41, 5.74) is 0.930. The number of nitrogens with zero attached hydrogens (tertiary/aromatic N) is 1. The van der Waals surface area contributed by atoms with Crippen molar-refractivity contribution >= 4 is 52.4 Å². The minimum absolute atomic E-state index is 0.0230. The molecular weight excluding hydrogens is 575 g/mol. The van der Waals surface area contributed by atoms with Crippen LogP contribution in [0, 0.1) is 11.8 Å². The van der Waals surface area contributed by atoms with E-state index >= 15 is 0 Å². The highest BCUT2D eigenvalue weighted by Gasteiger charge is 2.48. The monoisotopic (exact) mass is 606 g/mol. The number of hydrogen-bond donors (Lipinski definition) is 4. The van der Waals surface area contributed by atoms with E-state index in [1.54, 1.807) is 26.0 Å². The Morgan fingerprint density at radius 3 is 2.59 bits per heavy atom. The third-order valence-electron chi connectivity index (χ3n) is 6.80. The van der Waals surface area contributed by atoms with Crippen LogP contribution in [0.3, 0.4) is 0 Å². The lowest BCUT2D eigenvalue weighted by molar-refractivity contribution is -0.165. The van der Waals surface area contributed by atoms with Gasteiger partial charge in [0.2, 0.25) is 5.91 Å². The molecule has 0 spiro atoms. The van der Waals surface area contributed by atoms with E-state index in [9.17, 15) is 24.9 Å². The number of aliphatic hydroxyl groups excluding tert-OH is 3. The first-order valence-electron chi connectivity index (χ1n) is 12.5. The summed E-state index contributed by atoms with van der Waals surface area (Å²) in [5.74, 6) is -2.14. The maximum atomic E-state index is 12.5. The number of amides is 1. The Morgan fingerprint density at radius 1 is 1.26 bits per heavy atom. The second-order valence-corrected chi connectivity index (χ2v) is 12.2. The number of nitrogens with one attached hydrogen (secondary N) is 1. The first-order chi connectivity index (χ1) is 18.3. The summed E-state index contributed by atoms with van der Waals surface area (Å²) in [4.78, 5) is 28.5. The molecule has 2 fully saturated rings. The van der Waals surface area contributed by atoms with Crippen molar-refractivity contribution in [1.82, 2.24) is 10.3 Å². The van der Waals surface area contributed by atoms with Crippen LogP contribution in [0.4, 0.5) is 0 Å². The second-order valence-electron chi connectivity index (χ2n) is 9.93. The summed E-state index contributed by atoms with van der Waals surface area (Å²) in [5, 5.41) is 33.6. The molecule has 0 bridgehead atoms. The van der Waals surface area contributed by atoms with E-state index in [0.717, 1.165) is 6.20 Å². The van der Waals surface area contributed by atoms with Gasteiger partial charge in [0, 0.05) is 42.1 Å². The predicted octanol–water partition coefficient (Wildman–Crippen LogP) is 2.66. The molecule has 1 aromatic rings. The average molecular weight is 608 g/mol. The standard InChI is InChI=1S/C26H33Cl3N2O8/c1-13(7-18-23(35)22(34)17(12-37-18)9-19-24(38-19)14(2)15(3)32)8-21(33)31-11-20(16-5-4-6-30-10-16)39-25(36)26(27,28)29/h4-6,8,10-11,14-15,17-19,22-24,32,34-35H,7,9,12H2,1-3H3,(H,31,33)/b13-8+,20-11+/t14-,15-,17-,18-,19-,22+,23-,24-/m0/s1. The number of carbonyl (C=O) groups is 2. The molecule has 3 rings (SSSR count). The number of aromatic nitrogens is 1. The molecule has 0 aliphatic carbocycles. The fourth-order valence-corrected chi connectivity index (χ4v) is 4.44. The SMILES string of the molecule is C/C(=C\C(=O)N/C=C(/OC(=O)C(Cl)(Cl)Cl)c1cccnc1)C[C@@H]1OC[C@H](C[C@@H]2O[C@H]2[C@@H](C)[C@H](C)O)[C@@H](O)[C@H]1O. The molecule has 0 aromatic carbocycles. The number of carbonyl (C=O) groups excluding carboxylic acids is 2. The molecule has 3 heterocycles. The van der Waals surface area contributed by atoms with Crippen molar-refractivity contribution < 1.29 is 39.1 Å². The van der Waals surface area contributed by atoms with Crippen molar-refractivity contribution in [2.45, 2.75) is 74.0 Å². The van der Waals surface area contributed by atoms with Crippen molar-refractivity contribution in [2.75, 3.05) is 6.61 Å². The first kappa shape index (κ1) is 31.8. The molecule has 13 heteroatoms. The fourth-order valence-electron chi connectivity index (χ4n) is 4.33. The first-order valence-corrected chi connectivity index (χ1v) is 13.6. The van der Waals surface area contributed by atoms with Gasteiger partial charge in [-0.3, -0.25) is 9.78 Å². The summed E-state index contributed by atoms with van der Waals surface area (Å²) in [6.45, 7) is 5.53. The maximum Gasteiger partial charge on any atom is 0.364 e. The van der Waals surface area contributed by atoms with Gasteiger partial charge < -0.3 is 34.8 Å². The molecule has 39 heavy (non-hydrogen) atoms. The molecule has 0 unspecified atom stereocenters. The number of alkyl halides is 3. The predicted molar refractivity (Wildman–Crippen MR) is 144 cm³/mol. The summed E-state index contributed by atoms with van der Waals surface area (Å²) in [6, 6.07) is 3.18. The zero-order valence-corrected chi connectivity index (χ0v) is 23.9. The molecule has 4 N–H and O–H groups in total. The summed E-state index contributed by atoms with van der Waals surface area (Å²) in [6.07, 6.45) is 2.51. The summed E-state index contributed by atoms with van der Waals surface area (Å²) >= 11 is 16.7. The lowest BCUT2D eigenvalue weighted by Crippen LogP contribution is -2.50. The molecule has 0 saturated carbocycles. The minimum Gasteiger partial charge on any atom is -0.421 e. The zero-order valence-electron chi connectivity index (χ0n) is 21.7. The molecule has 1 aromatic heterocycles. The number of ether oxygens (including phenoxy) is 3. The van der Waals surface area contributed by atoms with Gasteiger partial charge in [0.1, 0.15) is 6.10 Å². The van der Waals surface area contributed by atoms with Crippen molar-refractivity contribution in [3.05, 3.63) is 47.9 Å². The number of hydrogen-bond acceptors (Lipinski definition) is 9. The van der Waals surface area contributed by atoms with Gasteiger partial charge >= 0.3 is 5.97 Å². The van der Waals surface area contributed by atoms with E-state index in [-0.39, 0.29) is 42.8 Å².